The van der Waals surface area contributed by atoms with Gasteiger partial charge in [0.15, 0.2) is 0 Å². The van der Waals surface area contributed by atoms with Crippen molar-refractivity contribution in [1.29, 1.82) is 0 Å². The van der Waals surface area contributed by atoms with Crippen LogP contribution in [-0.2, 0) is 9.53 Å². The molecule has 162 valence electrons. The number of allylic oxidation sites excluding steroid dienone is 4. The van der Waals surface area contributed by atoms with Gasteiger partial charge in [0.25, 0.3) is 0 Å². The van der Waals surface area contributed by atoms with Crippen LogP contribution in [0.1, 0.15) is 24.1 Å². The van der Waals surface area contributed by atoms with Crippen molar-refractivity contribution >= 4 is 23.5 Å². The second kappa shape index (κ2) is 11.1. The van der Waals surface area contributed by atoms with Crippen LogP contribution in [0.4, 0.5) is 17.2 Å². The van der Waals surface area contributed by atoms with Crippen molar-refractivity contribution in [2.75, 3.05) is 30.5 Å². The van der Waals surface area contributed by atoms with Gasteiger partial charge in [-0.1, -0.05) is 30.4 Å². The van der Waals surface area contributed by atoms with Crippen molar-refractivity contribution in [3.63, 3.8) is 0 Å². The van der Waals surface area contributed by atoms with Gasteiger partial charge < -0.3 is 15.4 Å². The lowest BCUT2D eigenvalue weighted by Crippen LogP contribution is -2.29. The molecule has 0 saturated carbocycles. The molecular weight excluding hydrogens is 388 g/mol. The number of hydrogen-bond donors (Lipinski definition) is 2. The number of nitrogens with one attached hydrogen (secondary N) is 2. The smallest absolute Gasteiger partial charge is 0.146 e. The minimum Gasteiger partial charge on any atom is -0.383 e. The Labute approximate surface area is 184 Å². The van der Waals surface area contributed by atoms with E-state index in [0.717, 1.165) is 53.3 Å². The fourth-order valence-corrected chi connectivity index (χ4v) is 3.45. The Morgan fingerprint density at radius 2 is 2.03 bits per heavy atom. The van der Waals surface area contributed by atoms with E-state index in [1.54, 1.807) is 7.11 Å². The molecule has 1 aliphatic rings. The number of methoxy groups -OCH3 is 1. The number of carbonyl (C=O) groups is 1. The van der Waals surface area contributed by atoms with E-state index in [0.29, 0.717) is 19.0 Å². The van der Waals surface area contributed by atoms with Gasteiger partial charge in [-0.15, -0.1) is 0 Å². The van der Waals surface area contributed by atoms with E-state index in [1.807, 2.05) is 61.2 Å². The number of carbonyl (C=O) groups excluding carboxylic acids is 1. The molecular formula is C25H30N4O2. The maximum atomic E-state index is 11.6. The number of rotatable bonds is 10. The minimum absolute atomic E-state index is 0.608. The summed E-state index contributed by atoms with van der Waals surface area (Å²) in [7, 11) is 1.69. The highest BCUT2D eigenvalue weighted by Gasteiger charge is 2.21. The lowest BCUT2D eigenvalue weighted by atomic mass is 10.1. The summed E-state index contributed by atoms with van der Waals surface area (Å²) in [5, 5.41) is 6.85. The monoisotopic (exact) mass is 418 g/mol. The highest BCUT2D eigenvalue weighted by atomic mass is 16.5. The molecule has 6 nitrogen and oxygen atoms in total. The third-order valence-corrected chi connectivity index (χ3v) is 4.96. The zero-order valence-corrected chi connectivity index (χ0v) is 18.4. The summed E-state index contributed by atoms with van der Waals surface area (Å²) in [6, 6.07) is 12.0. The van der Waals surface area contributed by atoms with Crippen molar-refractivity contribution in [3.05, 3.63) is 83.5 Å². The Kier molecular flexibility index (Phi) is 8.01. The lowest BCUT2D eigenvalue weighted by molar-refractivity contribution is -0.104. The molecule has 0 amide bonds. The quantitative estimate of drug-likeness (QED) is 0.329. The molecule has 0 fully saturated rings. The van der Waals surface area contributed by atoms with Crippen LogP contribution in [0.5, 0.6) is 0 Å². The summed E-state index contributed by atoms with van der Waals surface area (Å²) in [5.74, 6) is 1.40. The Morgan fingerprint density at radius 1 is 1.23 bits per heavy atom. The second-order valence-corrected chi connectivity index (χ2v) is 7.30. The molecule has 0 atom stereocenters. The van der Waals surface area contributed by atoms with E-state index >= 15 is 0 Å². The first-order valence-electron chi connectivity index (χ1n) is 10.5. The van der Waals surface area contributed by atoms with Gasteiger partial charge in [-0.25, -0.2) is 4.98 Å². The van der Waals surface area contributed by atoms with Gasteiger partial charge in [-0.3, -0.25) is 9.69 Å². The Bertz CT molecular complexity index is 981. The van der Waals surface area contributed by atoms with E-state index in [4.69, 9.17) is 9.72 Å². The normalized spacial score (nSPS) is 13.5. The molecule has 0 saturated heterocycles. The summed E-state index contributed by atoms with van der Waals surface area (Å²) in [5.41, 5.74) is 4.72. The first-order valence-corrected chi connectivity index (χ1v) is 10.5. The molecule has 31 heavy (non-hydrogen) atoms. The molecule has 3 rings (SSSR count). The topological polar surface area (TPSA) is 66.5 Å². The lowest BCUT2D eigenvalue weighted by Gasteiger charge is -2.30. The molecule has 2 aromatic rings. The summed E-state index contributed by atoms with van der Waals surface area (Å²) in [6.07, 6.45) is 10.6. The Morgan fingerprint density at radius 3 is 2.71 bits per heavy atom. The van der Waals surface area contributed by atoms with Gasteiger partial charge in [-0.05, 0) is 51.0 Å². The fraction of sp³-hybridized carbons (Fsp3) is 0.280. The van der Waals surface area contributed by atoms with E-state index in [-0.39, 0.29) is 0 Å². The zero-order valence-electron chi connectivity index (χ0n) is 18.4. The molecule has 0 unspecified atom stereocenters. The predicted molar refractivity (Wildman–Crippen MR) is 126 cm³/mol. The van der Waals surface area contributed by atoms with Crippen LogP contribution in [0.2, 0.25) is 0 Å². The summed E-state index contributed by atoms with van der Waals surface area (Å²) < 4.78 is 5.18. The molecule has 0 radical (unpaired) electrons. The Hall–Kier alpha value is -3.38. The SMILES string of the molecule is COCCNc1cc(C)nc(N(/C(=C\C=O)NC2=CCCC=C2)c2ccccc2)c1C. The number of pyridine rings is 1. The van der Waals surface area contributed by atoms with Crippen molar-refractivity contribution in [2.45, 2.75) is 26.7 Å². The van der Waals surface area contributed by atoms with Crippen LogP contribution in [0, 0.1) is 13.8 Å². The number of anilines is 3. The van der Waals surface area contributed by atoms with Crippen LogP contribution >= 0.6 is 0 Å². The predicted octanol–water partition coefficient (Wildman–Crippen LogP) is 4.76. The first kappa shape index (κ1) is 22.3. The van der Waals surface area contributed by atoms with Crippen molar-refractivity contribution in [1.82, 2.24) is 10.3 Å². The number of ether oxygens (including phenoxy) is 1. The van der Waals surface area contributed by atoms with E-state index < -0.39 is 0 Å². The molecule has 1 aromatic heterocycles. The van der Waals surface area contributed by atoms with Crippen LogP contribution in [-0.4, -0.2) is 31.5 Å². The molecule has 1 heterocycles. The van der Waals surface area contributed by atoms with E-state index in [1.165, 1.54) is 6.08 Å². The van der Waals surface area contributed by atoms with Crippen molar-refractivity contribution in [2.24, 2.45) is 0 Å². The molecule has 6 heteroatoms. The average Bonchev–Trinajstić information content (AvgIpc) is 2.78. The van der Waals surface area contributed by atoms with Crippen LogP contribution in [0.15, 0.2) is 72.2 Å². The van der Waals surface area contributed by atoms with Gasteiger partial charge in [0, 0.05) is 48.1 Å². The number of benzene rings is 1. The van der Waals surface area contributed by atoms with E-state index in [2.05, 4.69) is 22.8 Å². The largest absolute Gasteiger partial charge is 0.383 e. The standard InChI is InChI=1S/C25H30N4O2/c1-19-18-23(26-15-17-31-3)20(2)25(27-19)29(22-12-8-5-9-13-22)24(14-16-30)28-21-10-6-4-7-11-21/h5-6,8-14,16,18,28H,4,7,15,17H2,1-3H3,(H,26,27)/b24-14-. The zero-order chi connectivity index (χ0) is 22.1. The summed E-state index contributed by atoms with van der Waals surface area (Å²) in [6.45, 7) is 5.30. The maximum Gasteiger partial charge on any atom is 0.146 e. The first-order chi connectivity index (χ1) is 15.1. The molecule has 0 bridgehead atoms. The minimum atomic E-state index is 0.608. The van der Waals surface area contributed by atoms with Crippen molar-refractivity contribution < 1.29 is 9.53 Å². The Balaban J connectivity index is 2.09. The molecule has 2 N–H and O–H groups in total. The highest BCUT2D eigenvalue weighted by molar-refractivity contribution is 5.76. The van der Waals surface area contributed by atoms with Crippen molar-refractivity contribution in [3.8, 4) is 0 Å². The van der Waals surface area contributed by atoms with Gasteiger partial charge in [-0.2, -0.15) is 0 Å². The van der Waals surface area contributed by atoms with Crippen LogP contribution in [0.25, 0.3) is 0 Å². The van der Waals surface area contributed by atoms with Gasteiger partial charge in [0.1, 0.15) is 17.9 Å². The molecule has 1 aliphatic carbocycles. The van der Waals surface area contributed by atoms with E-state index in [9.17, 15) is 4.79 Å². The highest BCUT2D eigenvalue weighted by Crippen LogP contribution is 2.34. The number of hydrogen-bond acceptors (Lipinski definition) is 6. The van der Waals surface area contributed by atoms with Gasteiger partial charge in [0.05, 0.1) is 6.61 Å². The molecule has 0 spiro atoms. The number of para-hydroxylation sites is 1. The van der Waals surface area contributed by atoms with Gasteiger partial charge >= 0.3 is 0 Å². The molecule has 1 aromatic carbocycles. The average molecular weight is 419 g/mol. The summed E-state index contributed by atoms with van der Waals surface area (Å²) in [4.78, 5) is 18.4. The third-order valence-electron chi connectivity index (χ3n) is 4.96. The maximum absolute atomic E-state index is 11.6. The van der Waals surface area contributed by atoms with Crippen LogP contribution < -0.4 is 15.5 Å². The number of aromatic nitrogens is 1. The van der Waals surface area contributed by atoms with Gasteiger partial charge in [0.2, 0.25) is 0 Å². The number of nitrogens with zero attached hydrogens (tertiary/aromatic N) is 2. The number of aldehydes is 1. The summed E-state index contributed by atoms with van der Waals surface area (Å²) >= 11 is 0. The fourth-order valence-electron chi connectivity index (χ4n) is 3.45. The number of aryl methyl sites for hydroxylation is 1. The second-order valence-electron chi connectivity index (χ2n) is 7.30. The third kappa shape index (κ3) is 5.83. The molecule has 0 aliphatic heterocycles. The van der Waals surface area contributed by atoms with Crippen LogP contribution in [0.3, 0.4) is 0 Å².